The fraction of sp³-hybridized carbons (Fsp3) is 0.364. The first-order valence-electron chi connectivity index (χ1n) is 10.1. The fourth-order valence-electron chi connectivity index (χ4n) is 4.10. The smallest absolute Gasteiger partial charge is 0.321 e. The number of hydrogen-bond acceptors (Lipinski definition) is 4. The van der Waals surface area contributed by atoms with Gasteiger partial charge in [-0.15, -0.1) is 0 Å². The second-order valence-electron chi connectivity index (χ2n) is 7.93. The monoisotopic (exact) mass is 429 g/mol. The van der Waals surface area contributed by atoms with Gasteiger partial charge in [0.2, 0.25) is 5.84 Å². The number of anilines is 1. The highest BCUT2D eigenvalue weighted by Gasteiger charge is 2.39. The van der Waals surface area contributed by atoms with Crippen molar-refractivity contribution in [3.8, 4) is 0 Å². The zero-order chi connectivity index (χ0) is 21.6. The summed E-state index contributed by atoms with van der Waals surface area (Å²) >= 11 is 5.94. The molecule has 3 rings (SSSR count). The molecule has 6 N–H and O–H groups in total. The largest absolute Gasteiger partial charge is 0.324 e. The lowest BCUT2D eigenvalue weighted by Crippen LogP contribution is -2.97. The van der Waals surface area contributed by atoms with E-state index in [0.29, 0.717) is 30.4 Å². The summed E-state index contributed by atoms with van der Waals surface area (Å²) in [4.78, 5) is 14.8. The average Bonchev–Trinajstić information content (AvgIpc) is 2.74. The molecule has 8 heteroatoms. The maximum atomic E-state index is 13.0. The molecule has 0 radical (unpaired) electrons. The molecule has 2 amide bonds. The third-order valence-corrected chi connectivity index (χ3v) is 5.83. The third-order valence-electron chi connectivity index (χ3n) is 5.58. The standard InChI is InChI=1S/C22H29ClN6O/c1-28(25)27-20(24)12-14-22(17-6-3-2-4-7-17)13-5-15-29(16-22)21(30)26-19-10-8-18(23)9-11-19/h2-4,6-11H,5,12-16,25H2,1H3,(H2,24,27)(H,26,30)/p+1. The lowest BCUT2D eigenvalue weighted by atomic mass is 9.71. The predicted molar refractivity (Wildman–Crippen MR) is 120 cm³/mol. The number of amidine groups is 1. The minimum absolute atomic E-state index is 0.111. The number of hydrogen-bond donors (Lipinski definition) is 4. The van der Waals surface area contributed by atoms with E-state index in [1.54, 1.807) is 36.7 Å². The molecule has 1 fully saturated rings. The first kappa shape index (κ1) is 22.2. The number of carbonyl (C=O) groups is 1. The van der Waals surface area contributed by atoms with Crippen LogP contribution in [0.25, 0.3) is 0 Å². The Morgan fingerprint density at radius 1 is 1.27 bits per heavy atom. The summed E-state index contributed by atoms with van der Waals surface area (Å²) in [6.07, 6.45) is 3.28. The Balaban J connectivity index is 1.76. The number of quaternary nitrogens is 1. The van der Waals surface area contributed by atoms with Gasteiger partial charge in [0.15, 0.2) is 0 Å². The van der Waals surface area contributed by atoms with Gasteiger partial charge in [0, 0.05) is 35.6 Å². The molecule has 1 saturated heterocycles. The molecule has 1 aliphatic heterocycles. The number of likely N-dealkylation sites (tertiary alicyclic amines) is 1. The van der Waals surface area contributed by atoms with E-state index in [4.69, 9.17) is 22.9 Å². The van der Waals surface area contributed by atoms with Crippen LogP contribution in [0.1, 0.15) is 31.2 Å². The van der Waals surface area contributed by atoms with E-state index in [1.807, 2.05) is 23.1 Å². The van der Waals surface area contributed by atoms with Gasteiger partial charge in [-0.3, -0.25) is 5.41 Å². The zero-order valence-corrected chi connectivity index (χ0v) is 18.0. The second kappa shape index (κ2) is 10.0. The first-order valence-corrected chi connectivity index (χ1v) is 10.5. The number of hydrazine groups is 1. The number of amides is 2. The van der Waals surface area contributed by atoms with Crippen LogP contribution >= 0.6 is 11.6 Å². The summed E-state index contributed by atoms with van der Waals surface area (Å²) in [6, 6.07) is 17.3. The van der Waals surface area contributed by atoms with Gasteiger partial charge in [0.1, 0.15) is 0 Å². The van der Waals surface area contributed by atoms with Gasteiger partial charge in [-0.1, -0.05) is 47.1 Å². The SMILES string of the molecule is CN(N)[NH2+]C(=N)CCC1(c2ccccc2)CCCN(C(=O)Nc2ccc(Cl)cc2)C1. The van der Waals surface area contributed by atoms with Crippen LogP contribution in [0.3, 0.4) is 0 Å². The van der Waals surface area contributed by atoms with Crippen molar-refractivity contribution in [3.63, 3.8) is 0 Å². The topological polar surface area (TPSA) is 102 Å². The number of nitrogens with one attached hydrogen (secondary N) is 2. The van der Waals surface area contributed by atoms with E-state index in [0.717, 1.165) is 24.9 Å². The van der Waals surface area contributed by atoms with E-state index >= 15 is 0 Å². The average molecular weight is 430 g/mol. The van der Waals surface area contributed by atoms with Gasteiger partial charge < -0.3 is 10.2 Å². The molecule has 7 nitrogen and oxygen atoms in total. The number of rotatable bonds is 6. The normalized spacial score (nSPS) is 19.0. The molecule has 0 saturated carbocycles. The van der Waals surface area contributed by atoms with Gasteiger partial charge in [0.05, 0.1) is 7.05 Å². The lowest BCUT2D eigenvalue weighted by Gasteiger charge is -2.43. The van der Waals surface area contributed by atoms with E-state index in [1.165, 1.54) is 10.7 Å². The van der Waals surface area contributed by atoms with Crippen LogP contribution < -0.4 is 16.6 Å². The van der Waals surface area contributed by atoms with Crippen molar-refractivity contribution in [2.24, 2.45) is 5.84 Å². The Morgan fingerprint density at radius 3 is 2.63 bits per heavy atom. The summed E-state index contributed by atoms with van der Waals surface area (Å²) in [6.45, 7) is 1.32. The van der Waals surface area contributed by atoms with Crippen LogP contribution in [0.4, 0.5) is 10.5 Å². The highest BCUT2D eigenvalue weighted by molar-refractivity contribution is 6.30. The Morgan fingerprint density at radius 2 is 1.97 bits per heavy atom. The number of benzene rings is 2. The lowest BCUT2D eigenvalue weighted by molar-refractivity contribution is -0.712. The summed E-state index contributed by atoms with van der Waals surface area (Å²) in [5, 5.41) is 13.2. The summed E-state index contributed by atoms with van der Waals surface area (Å²) < 4.78 is 0. The van der Waals surface area contributed by atoms with Crippen LogP contribution in [0, 0.1) is 5.41 Å². The van der Waals surface area contributed by atoms with Crippen LogP contribution in [0.15, 0.2) is 54.6 Å². The van der Waals surface area contributed by atoms with E-state index in [9.17, 15) is 4.79 Å². The fourth-order valence-corrected chi connectivity index (χ4v) is 4.23. The summed E-state index contributed by atoms with van der Waals surface area (Å²) in [5.41, 5.74) is 3.38. The summed E-state index contributed by atoms with van der Waals surface area (Å²) in [5.74, 6) is 6.14. The maximum Gasteiger partial charge on any atom is 0.321 e. The predicted octanol–water partition coefficient (Wildman–Crippen LogP) is 2.95. The minimum atomic E-state index is -0.190. The van der Waals surface area contributed by atoms with Crippen molar-refractivity contribution in [3.05, 3.63) is 65.2 Å². The van der Waals surface area contributed by atoms with Crippen LogP contribution in [-0.4, -0.2) is 42.0 Å². The minimum Gasteiger partial charge on any atom is -0.324 e. The zero-order valence-electron chi connectivity index (χ0n) is 17.3. The number of piperidine rings is 1. The van der Waals surface area contributed by atoms with Gasteiger partial charge >= 0.3 is 6.03 Å². The number of nitrogens with two attached hydrogens (primary N) is 2. The van der Waals surface area contributed by atoms with Gasteiger partial charge in [-0.2, -0.15) is 0 Å². The van der Waals surface area contributed by atoms with E-state index in [2.05, 4.69) is 17.4 Å². The van der Waals surface area contributed by atoms with Gasteiger partial charge in [0.25, 0.3) is 0 Å². The first-order chi connectivity index (χ1) is 14.4. The van der Waals surface area contributed by atoms with Crippen LogP contribution in [0.2, 0.25) is 5.02 Å². The molecule has 0 aliphatic carbocycles. The van der Waals surface area contributed by atoms with Crippen molar-refractivity contribution < 1.29 is 10.2 Å². The molecule has 0 bridgehead atoms. The molecular formula is C22H30ClN6O+. The Hall–Kier alpha value is -2.45. The highest BCUT2D eigenvalue weighted by atomic mass is 35.5. The van der Waals surface area contributed by atoms with Crippen molar-refractivity contribution in [2.75, 3.05) is 25.5 Å². The molecule has 1 aliphatic rings. The molecule has 1 heterocycles. The molecule has 1 unspecified atom stereocenters. The quantitative estimate of drug-likeness (QED) is 0.246. The highest BCUT2D eigenvalue weighted by Crippen LogP contribution is 2.38. The van der Waals surface area contributed by atoms with E-state index in [-0.39, 0.29) is 11.4 Å². The number of urea groups is 1. The summed E-state index contributed by atoms with van der Waals surface area (Å²) in [7, 11) is 1.71. The maximum absolute atomic E-state index is 13.0. The van der Waals surface area contributed by atoms with E-state index < -0.39 is 0 Å². The Kier molecular flexibility index (Phi) is 7.44. The molecular weight excluding hydrogens is 400 g/mol. The van der Waals surface area contributed by atoms with Crippen LogP contribution in [0.5, 0.6) is 0 Å². The Labute approximate surface area is 182 Å². The number of nitrogens with zero attached hydrogens (tertiary/aromatic N) is 2. The van der Waals surface area contributed by atoms with Crippen molar-refractivity contribution in [1.82, 2.24) is 10.0 Å². The van der Waals surface area contributed by atoms with Crippen LogP contribution in [-0.2, 0) is 5.41 Å². The molecule has 30 heavy (non-hydrogen) atoms. The molecule has 1 atom stereocenters. The third kappa shape index (κ3) is 5.79. The van der Waals surface area contributed by atoms with Crippen molar-refractivity contribution in [1.29, 1.82) is 5.41 Å². The molecule has 2 aromatic rings. The van der Waals surface area contributed by atoms with Crippen molar-refractivity contribution in [2.45, 2.75) is 31.1 Å². The van der Waals surface area contributed by atoms with Gasteiger partial charge in [-0.05, 0) is 49.1 Å². The second-order valence-corrected chi connectivity index (χ2v) is 8.36. The Bertz CT molecular complexity index is 858. The molecule has 0 spiro atoms. The molecule has 160 valence electrons. The van der Waals surface area contributed by atoms with Gasteiger partial charge in [-0.25, -0.2) is 16.1 Å². The molecule has 0 aromatic heterocycles. The number of halogens is 1. The molecule has 2 aromatic carbocycles. The number of carbonyl (C=O) groups excluding carboxylic acids is 1. The van der Waals surface area contributed by atoms with Crippen molar-refractivity contribution >= 4 is 29.2 Å².